The zero-order valence-corrected chi connectivity index (χ0v) is 7.98. The first-order valence-corrected chi connectivity index (χ1v) is 4.07. The second-order valence-electron chi connectivity index (χ2n) is 2.64. The molecule has 0 bridgehead atoms. The number of carbonyl (C=O) groups excluding carboxylic acids is 2. The first kappa shape index (κ1) is 10.7. The summed E-state index contributed by atoms with van der Waals surface area (Å²) in [6.45, 7) is 0. The number of hydrogen-bond donors (Lipinski definition) is 1. The SMILES string of the molecule is COC(=O)c1cccc(NC(=O)C#N)c1. The number of rotatable bonds is 2. The molecule has 1 N–H and O–H groups in total. The number of methoxy groups -OCH3 is 1. The number of esters is 1. The highest BCUT2D eigenvalue weighted by Crippen LogP contribution is 2.11. The Morgan fingerprint density at radius 3 is 2.80 bits per heavy atom. The minimum atomic E-state index is -0.781. The summed E-state index contributed by atoms with van der Waals surface area (Å²) in [5.41, 5.74) is 0.692. The molecule has 0 radical (unpaired) electrons. The summed E-state index contributed by atoms with van der Waals surface area (Å²) in [4.78, 5) is 21.9. The average Bonchev–Trinajstić information content (AvgIpc) is 2.28. The third kappa shape index (κ3) is 2.81. The summed E-state index contributed by atoms with van der Waals surface area (Å²) in [5, 5.41) is 10.6. The second-order valence-corrected chi connectivity index (χ2v) is 2.64. The van der Waals surface area contributed by atoms with Crippen molar-refractivity contribution in [3.05, 3.63) is 29.8 Å². The molecular formula is C10H8N2O3. The minimum absolute atomic E-state index is 0.313. The number of anilines is 1. The van der Waals surface area contributed by atoms with Crippen molar-refractivity contribution in [2.45, 2.75) is 0 Å². The number of carbonyl (C=O) groups is 2. The van der Waals surface area contributed by atoms with Crippen molar-refractivity contribution in [2.75, 3.05) is 12.4 Å². The van der Waals surface area contributed by atoms with Crippen LogP contribution in [0.5, 0.6) is 0 Å². The van der Waals surface area contributed by atoms with Crippen LogP contribution < -0.4 is 5.32 Å². The van der Waals surface area contributed by atoms with Crippen LogP contribution in [0, 0.1) is 11.3 Å². The predicted molar refractivity (Wildman–Crippen MR) is 52.0 cm³/mol. The van der Waals surface area contributed by atoms with Gasteiger partial charge in [0, 0.05) is 5.69 Å². The van der Waals surface area contributed by atoms with Gasteiger partial charge >= 0.3 is 11.9 Å². The lowest BCUT2D eigenvalue weighted by atomic mass is 10.2. The molecule has 0 aliphatic rings. The Labute approximate surface area is 86.3 Å². The third-order valence-electron chi connectivity index (χ3n) is 1.64. The van der Waals surface area contributed by atoms with Crippen LogP contribution in [0.15, 0.2) is 24.3 Å². The van der Waals surface area contributed by atoms with Crippen molar-refractivity contribution in [3.63, 3.8) is 0 Å². The fourth-order valence-electron chi connectivity index (χ4n) is 1.00. The van der Waals surface area contributed by atoms with Gasteiger partial charge in [0.25, 0.3) is 0 Å². The molecule has 1 aromatic rings. The first-order chi connectivity index (χ1) is 7.17. The highest BCUT2D eigenvalue weighted by atomic mass is 16.5. The van der Waals surface area contributed by atoms with Gasteiger partial charge in [-0.25, -0.2) is 4.79 Å². The van der Waals surface area contributed by atoms with Crippen molar-refractivity contribution < 1.29 is 14.3 Å². The zero-order chi connectivity index (χ0) is 11.3. The topological polar surface area (TPSA) is 79.2 Å². The Hall–Kier alpha value is -2.35. The van der Waals surface area contributed by atoms with Gasteiger partial charge in [-0.1, -0.05) is 6.07 Å². The molecule has 1 rings (SSSR count). The highest BCUT2D eigenvalue weighted by molar-refractivity contribution is 6.03. The molecule has 0 aliphatic heterocycles. The van der Waals surface area contributed by atoms with E-state index in [4.69, 9.17) is 5.26 Å². The summed E-state index contributed by atoms with van der Waals surface area (Å²) in [6.07, 6.45) is 0. The van der Waals surface area contributed by atoms with Crippen LogP contribution in [0.3, 0.4) is 0 Å². The van der Waals surface area contributed by atoms with Crippen LogP contribution >= 0.6 is 0 Å². The van der Waals surface area contributed by atoms with Crippen LogP contribution in [0.2, 0.25) is 0 Å². The van der Waals surface area contributed by atoms with Crippen molar-refractivity contribution in [3.8, 4) is 6.07 Å². The van der Waals surface area contributed by atoms with E-state index in [1.54, 1.807) is 18.2 Å². The molecule has 0 heterocycles. The van der Waals surface area contributed by atoms with E-state index in [9.17, 15) is 9.59 Å². The van der Waals surface area contributed by atoms with Crippen LogP contribution in [0.1, 0.15) is 10.4 Å². The van der Waals surface area contributed by atoms with E-state index >= 15 is 0 Å². The summed E-state index contributed by atoms with van der Waals surface area (Å²) in [5.74, 6) is -1.28. The van der Waals surface area contributed by atoms with Crippen LogP contribution in [-0.4, -0.2) is 19.0 Å². The summed E-state index contributed by atoms with van der Waals surface area (Å²) >= 11 is 0. The Morgan fingerprint density at radius 1 is 1.47 bits per heavy atom. The monoisotopic (exact) mass is 204 g/mol. The standard InChI is InChI=1S/C10H8N2O3/c1-15-10(14)7-3-2-4-8(5-7)12-9(13)6-11/h2-5H,1H3,(H,12,13). The van der Waals surface area contributed by atoms with Crippen LogP contribution in [0.25, 0.3) is 0 Å². The summed E-state index contributed by atoms with van der Waals surface area (Å²) in [6, 6.07) is 7.54. The number of nitrogens with one attached hydrogen (secondary N) is 1. The molecule has 5 nitrogen and oxygen atoms in total. The lowest BCUT2D eigenvalue weighted by Crippen LogP contribution is -2.09. The molecule has 1 aromatic carbocycles. The van der Waals surface area contributed by atoms with E-state index in [0.29, 0.717) is 11.3 Å². The van der Waals surface area contributed by atoms with Crippen molar-refractivity contribution in [2.24, 2.45) is 0 Å². The molecule has 0 aliphatic carbocycles. The van der Waals surface area contributed by atoms with E-state index in [0.717, 1.165) is 0 Å². The van der Waals surface area contributed by atoms with E-state index in [-0.39, 0.29) is 0 Å². The fourth-order valence-corrected chi connectivity index (χ4v) is 1.00. The molecular weight excluding hydrogens is 196 g/mol. The number of benzene rings is 1. The smallest absolute Gasteiger partial charge is 0.337 e. The molecule has 15 heavy (non-hydrogen) atoms. The molecule has 0 aromatic heterocycles. The van der Waals surface area contributed by atoms with Crippen LogP contribution in [0.4, 0.5) is 5.69 Å². The van der Waals surface area contributed by atoms with Gasteiger partial charge in [-0.15, -0.1) is 0 Å². The lowest BCUT2D eigenvalue weighted by Gasteiger charge is -2.02. The Kier molecular flexibility index (Phi) is 3.41. The van der Waals surface area contributed by atoms with Crippen molar-refractivity contribution in [1.82, 2.24) is 0 Å². The fraction of sp³-hybridized carbons (Fsp3) is 0.100. The number of amides is 1. The van der Waals surface area contributed by atoms with Gasteiger partial charge in [0.05, 0.1) is 12.7 Å². The second kappa shape index (κ2) is 4.77. The summed E-state index contributed by atoms with van der Waals surface area (Å²) in [7, 11) is 1.27. The Bertz CT molecular complexity index is 435. The molecule has 5 heteroatoms. The molecule has 0 unspecified atom stereocenters. The molecule has 0 fully saturated rings. The maximum absolute atomic E-state index is 11.1. The first-order valence-electron chi connectivity index (χ1n) is 4.07. The highest BCUT2D eigenvalue weighted by Gasteiger charge is 2.06. The summed E-state index contributed by atoms with van der Waals surface area (Å²) < 4.78 is 4.51. The number of nitrogens with zero attached hydrogens (tertiary/aromatic N) is 1. The van der Waals surface area contributed by atoms with E-state index < -0.39 is 11.9 Å². The maximum atomic E-state index is 11.1. The number of nitriles is 1. The van der Waals surface area contributed by atoms with Gasteiger partial charge in [0.15, 0.2) is 6.07 Å². The van der Waals surface area contributed by atoms with Gasteiger partial charge in [0.2, 0.25) is 0 Å². The van der Waals surface area contributed by atoms with Gasteiger partial charge in [-0.3, -0.25) is 4.79 Å². The van der Waals surface area contributed by atoms with Gasteiger partial charge in [-0.2, -0.15) is 5.26 Å². The van der Waals surface area contributed by atoms with Crippen molar-refractivity contribution in [1.29, 1.82) is 5.26 Å². The zero-order valence-electron chi connectivity index (χ0n) is 7.98. The molecule has 0 saturated carbocycles. The molecule has 1 amide bonds. The van der Waals surface area contributed by atoms with E-state index in [1.807, 2.05) is 0 Å². The maximum Gasteiger partial charge on any atom is 0.337 e. The van der Waals surface area contributed by atoms with Crippen molar-refractivity contribution >= 4 is 17.6 Å². The van der Waals surface area contributed by atoms with Gasteiger partial charge < -0.3 is 10.1 Å². The molecule has 0 atom stereocenters. The number of ether oxygens (including phenoxy) is 1. The Balaban J connectivity index is 2.89. The third-order valence-corrected chi connectivity index (χ3v) is 1.64. The normalized spacial score (nSPS) is 8.80. The average molecular weight is 204 g/mol. The van der Waals surface area contributed by atoms with Gasteiger partial charge in [0.1, 0.15) is 0 Å². The number of hydrogen-bond acceptors (Lipinski definition) is 4. The van der Waals surface area contributed by atoms with Gasteiger partial charge in [-0.05, 0) is 18.2 Å². The molecule has 0 saturated heterocycles. The predicted octanol–water partition coefficient (Wildman–Crippen LogP) is 0.935. The van der Waals surface area contributed by atoms with E-state index in [1.165, 1.54) is 19.2 Å². The minimum Gasteiger partial charge on any atom is -0.465 e. The molecule has 76 valence electrons. The van der Waals surface area contributed by atoms with Crippen LogP contribution in [-0.2, 0) is 9.53 Å². The quantitative estimate of drug-likeness (QED) is 0.574. The molecule has 0 spiro atoms. The van der Waals surface area contributed by atoms with E-state index in [2.05, 4.69) is 10.1 Å². The lowest BCUT2D eigenvalue weighted by molar-refractivity contribution is -0.111. The Morgan fingerprint density at radius 2 is 2.20 bits per heavy atom. The largest absolute Gasteiger partial charge is 0.465 e.